The van der Waals surface area contributed by atoms with E-state index in [2.05, 4.69) is 23.5 Å². The van der Waals surface area contributed by atoms with Crippen LogP contribution in [0.1, 0.15) is 38.5 Å². The van der Waals surface area contributed by atoms with Crippen LogP contribution in [0, 0.1) is 0 Å². The smallest absolute Gasteiger partial charge is 0.127 e. The van der Waals surface area contributed by atoms with Crippen LogP contribution in [0.5, 0.6) is 5.75 Å². The summed E-state index contributed by atoms with van der Waals surface area (Å²) in [6, 6.07) is 14.9. The molecule has 4 heteroatoms. The molecular weight excluding hydrogens is 322 g/mol. The lowest BCUT2D eigenvalue weighted by atomic mass is 9.95. The molecule has 0 aromatic heterocycles. The van der Waals surface area contributed by atoms with Crippen LogP contribution in [0.25, 0.3) is 10.8 Å². The minimum Gasteiger partial charge on any atom is -0.490 e. The first-order valence-corrected chi connectivity index (χ1v) is 8.85. The summed E-state index contributed by atoms with van der Waals surface area (Å²) in [4.78, 5) is 0. The molecule has 2 N–H and O–H groups in total. The molecular formula is C20H28ClNO2. The number of rotatable bonds is 7. The van der Waals surface area contributed by atoms with Crippen molar-refractivity contribution < 1.29 is 9.84 Å². The molecule has 1 saturated carbocycles. The number of hydrogen-bond acceptors (Lipinski definition) is 3. The highest BCUT2D eigenvalue weighted by Crippen LogP contribution is 2.25. The van der Waals surface area contributed by atoms with Gasteiger partial charge in [-0.15, -0.1) is 12.4 Å². The fraction of sp³-hybridized carbons (Fsp3) is 0.500. The number of nitrogens with one attached hydrogen (secondary N) is 1. The predicted octanol–water partition coefficient (Wildman–Crippen LogP) is 4.31. The molecule has 1 aliphatic carbocycles. The zero-order valence-corrected chi connectivity index (χ0v) is 14.9. The molecule has 3 nitrogen and oxygen atoms in total. The Hall–Kier alpha value is -1.29. The number of fused-ring (bicyclic) bond motifs is 1. The summed E-state index contributed by atoms with van der Waals surface area (Å²) in [5.41, 5.74) is 0. The third kappa shape index (κ3) is 5.37. The van der Waals surface area contributed by atoms with E-state index in [0.29, 0.717) is 12.6 Å². The van der Waals surface area contributed by atoms with Gasteiger partial charge in [0.1, 0.15) is 12.4 Å². The monoisotopic (exact) mass is 349 g/mol. The fourth-order valence-electron chi connectivity index (χ4n) is 3.35. The normalized spacial score (nSPS) is 16.5. The molecule has 1 atom stereocenters. The zero-order chi connectivity index (χ0) is 15.9. The molecule has 1 unspecified atom stereocenters. The molecule has 0 spiro atoms. The quantitative estimate of drug-likeness (QED) is 0.782. The van der Waals surface area contributed by atoms with E-state index in [-0.39, 0.29) is 12.4 Å². The number of halogens is 1. The number of aliphatic hydroxyl groups is 1. The highest BCUT2D eigenvalue weighted by molar-refractivity contribution is 5.88. The van der Waals surface area contributed by atoms with Crippen LogP contribution in [0.3, 0.4) is 0 Å². The Kier molecular flexibility index (Phi) is 7.83. The molecule has 3 rings (SSSR count). The average Bonchev–Trinajstić information content (AvgIpc) is 2.61. The van der Waals surface area contributed by atoms with E-state index < -0.39 is 6.10 Å². The van der Waals surface area contributed by atoms with Gasteiger partial charge in [0.05, 0.1) is 6.10 Å². The lowest BCUT2D eigenvalue weighted by Gasteiger charge is -2.23. The van der Waals surface area contributed by atoms with Crippen molar-refractivity contribution in [2.45, 2.75) is 50.7 Å². The van der Waals surface area contributed by atoms with E-state index >= 15 is 0 Å². The van der Waals surface area contributed by atoms with Gasteiger partial charge in [0, 0.05) is 11.4 Å². The van der Waals surface area contributed by atoms with Gasteiger partial charge in [-0.3, -0.25) is 0 Å². The van der Waals surface area contributed by atoms with E-state index in [1.165, 1.54) is 37.5 Å². The average molecular weight is 350 g/mol. The SMILES string of the molecule is Cl.OC(CCNC1CCCCC1)COc1cccc2ccccc12. The third-order valence-electron chi connectivity index (χ3n) is 4.70. The number of benzene rings is 2. The van der Waals surface area contributed by atoms with Gasteiger partial charge in [-0.25, -0.2) is 0 Å². The molecule has 0 radical (unpaired) electrons. The number of ether oxygens (including phenoxy) is 1. The maximum absolute atomic E-state index is 10.1. The second kappa shape index (κ2) is 9.87. The first-order valence-electron chi connectivity index (χ1n) is 8.85. The van der Waals surface area contributed by atoms with Crippen LogP contribution in [0.2, 0.25) is 0 Å². The van der Waals surface area contributed by atoms with Crippen molar-refractivity contribution in [1.29, 1.82) is 0 Å². The standard InChI is InChI=1S/C20H27NO2.ClH/c22-18(13-14-21-17-9-2-1-3-10-17)15-23-20-12-6-8-16-7-4-5-11-19(16)20;/h4-8,11-12,17-18,21-22H,1-3,9-10,13-15H2;1H. The van der Waals surface area contributed by atoms with Gasteiger partial charge in [-0.05, 0) is 37.3 Å². The van der Waals surface area contributed by atoms with Crippen molar-refractivity contribution >= 4 is 23.2 Å². The summed E-state index contributed by atoms with van der Waals surface area (Å²) in [6.07, 6.45) is 6.92. The van der Waals surface area contributed by atoms with Gasteiger partial charge in [-0.1, -0.05) is 55.7 Å². The Morgan fingerprint density at radius 1 is 1.04 bits per heavy atom. The van der Waals surface area contributed by atoms with Crippen LogP contribution in [-0.4, -0.2) is 30.4 Å². The summed E-state index contributed by atoms with van der Waals surface area (Å²) in [5, 5.41) is 16.0. The van der Waals surface area contributed by atoms with Crippen molar-refractivity contribution in [3.05, 3.63) is 42.5 Å². The van der Waals surface area contributed by atoms with E-state index in [1.807, 2.05) is 24.3 Å². The van der Waals surface area contributed by atoms with Crippen LogP contribution >= 0.6 is 12.4 Å². The molecule has 0 saturated heterocycles. The van der Waals surface area contributed by atoms with Crippen LogP contribution < -0.4 is 10.1 Å². The maximum Gasteiger partial charge on any atom is 0.127 e. The fourth-order valence-corrected chi connectivity index (χ4v) is 3.35. The van der Waals surface area contributed by atoms with E-state index in [9.17, 15) is 5.11 Å². The summed E-state index contributed by atoms with van der Waals surface area (Å²) in [7, 11) is 0. The molecule has 2 aromatic rings. The van der Waals surface area contributed by atoms with Crippen molar-refractivity contribution in [1.82, 2.24) is 5.32 Å². The summed E-state index contributed by atoms with van der Waals surface area (Å²) in [6.45, 7) is 1.21. The lowest BCUT2D eigenvalue weighted by molar-refractivity contribution is 0.0995. The number of hydrogen-bond donors (Lipinski definition) is 2. The van der Waals surface area contributed by atoms with E-state index in [1.54, 1.807) is 0 Å². The molecule has 0 heterocycles. The first-order chi connectivity index (χ1) is 11.3. The second-order valence-electron chi connectivity index (χ2n) is 6.52. The van der Waals surface area contributed by atoms with E-state index in [4.69, 9.17) is 4.74 Å². The summed E-state index contributed by atoms with van der Waals surface area (Å²) < 4.78 is 5.85. The van der Waals surface area contributed by atoms with Gasteiger partial charge in [0.2, 0.25) is 0 Å². The van der Waals surface area contributed by atoms with Crippen molar-refractivity contribution in [2.24, 2.45) is 0 Å². The van der Waals surface area contributed by atoms with Crippen molar-refractivity contribution in [2.75, 3.05) is 13.2 Å². The second-order valence-corrected chi connectivity index (χ2v) is 6.52. The highest BCUT2D eigenvalue weighted by Gasteiger charge is 2.13. The molecule has 0 bridgehead atoms. The van der Waals surface area contributed by atoms with Gasteiger partial charge in [0.15, 0.2) is 0 Å². The van der Waals surface area contributed by atoms with Gasteiger partial charge in [-0.2, -0.15) is 0 Å². The molecule has 0 aliphatic heterocycles. The summed E-state index contributed by atoms with van der Waals surface area (Å²) >= 11 is 0. The lowest BCUT2D eigenvalue weighted by Crippen LogP contribution is -2.34. The Morgan fingerprint density at radius 3 is 2.62 bits per heavy atom. The van der Waals surface area contributed by atoms with Crippen LogP contribution in [-0.2, 0) is 0 Å². The topological polar surface area (TPSA) is 41.5 Å². The van der Waals surface area contributed by atoms with Crippen molar-refractivity contribution in [3.63, 3.8) is 0 Å². The molecule has 2 aromatic carbocycles. The largest absolute Gasteiger partial charge is 0.490 e. The van der Waals surface area contributed by atoms with Crippen molar-refractivity contribution in [3.8, 4) is 5.75 Å². The minimum absolute atomic E-state index is 0. The molecule has 1 aliphatic rings. The zero-order valence-electron chi connectivity index (χ0n) is 14.1. The number of aliphatic hydroxyl groups excluding tert-OH is 1. The molecule has 132 valence electrons. The Bertz CT molecular complexity index is 608. The van der Waals surface area contributed by atoms with Crippen LogP contribution in [0.4, 0.5) is 0 Å². The minimum atomic E-state index is -0.426. The Labute approximate surface area is 150 Å². The Morgan fingerprint density at radius 2 is 1.79 bits per heavy atom. The Balaban J connectivity index is 0.00000208. The molecule has 1 fully saturated rings. The predicted molar refractivity (Wildman–Crippen MR) is 102 cm³/mol. The maximum atomic E-state index is 10.1. The molecule has 0 amide bonds. The molecule has 24 heavy (non-hydrogen) atoms. The van der Waals surface area contributed by atoms with Crippen LogP contribution in [0.15, 0.2) is 42.5 Å². The third-order valence-corrected chi connectivity index (χ3v) is 4.70. The van der Waals surface area contributed by atoms with Gasteiger partial charge >= 0.3 is 0 Å². The first kappa shape index (κ1) is 19.0. The van der Waals surface area contributed by atoms with E-state index in [0.717, 1.165) is 24.1 Å². The summed E-state index contributed by atoms with van der Waals surface area (Å²) in [5.74, 6) is 0.849. The van der Waals surface area contributed by atoms with Gasteiger partial charge in [0.25, 0.3) is 0 Å². The van der Waals surface area contributed by atoms with Gasteiger partial charge < -0.3 is 15.2 Å². The highest BCUT2D eigenvalue weighted by atomic mass is 35.5.